The smallest absolute Gasteiger partial charge is 0.0924 e. The van der Waals surface area contributed by atoms with Crippen molar-refractivity contribution in [2.75, 3.05) is 0 Å². The van der Waals surface area contributed by atoms with Gasteiger partial charge in [-0.25, -0.2) is 0 Å². The van der Waals surface area contributed by atoms with E-state index in [0.29, 0.717) is 6.42 Å². The Labute approximate surface area is 128 Å². The van der Waals surface area contributed by atoms with Crippen molar-refractivity contribution in [3.63, 3.8) is 0 Å². The molecule has 2 rings (SSSR count). The molecule has 0 aliphatic carbocycles. The van der Waals surface area contributed by atoms with E-state index in [0.717, 1.165) is 28.0 Å². The van der Waals surface area contributed by atoms with E-state index in [4.69, 9.17) is 0 Å². The summed E-state index contributed by atoms with van der Waals surface area (Å²) in [6.07, 6.45) is 0.533. The number of rotatable bonds is 4. The Balaban J connectivity index is 2.35. The Morgan fingerprint density at radius 1 is 1.25 bits per heavy atom. The van der Waals surface area contributed by atoms with Crippen molar-refractivity contribution < 1.29 is 5.11 Å². The molecule has 0 bridgehead atoms. The number of nitrogens with zero attached hydrogens (tertiary/aromatic N) is 2. The molecule has 0 radical (unpaired) electrons. The van der Waals surface area contributed by atoms with Crippen molar-refractivity contribution in [3.8, 4) is 0 Å². The summed E-state index contributed by atoms with van der Waals surface area (Å²) < 4.78 is 2.94. The summed E-state index contributed by atoms with van der Waals surface area (Å²) in [6.45, 7) is 8.73. The Hall–Kier alpha value is -1.13. The Bertz CT molecular complexity index is 600. The van der Waals surface area contributed by atoms with Gasteiger partial charge in [-0.1, -0.05) is 29.8 Å². The molecule has 1 heterocycles. The van der Waals surface area contributed by atoms with Gasteiger partial charge in [-0.2, -0.15) is 5.10 Å². The maximum Gasteiger partial charge on any atom is 0.0924 e. The Morgan fingerprint density at radius 3 is 2.40 bits per heavy atom. The molecule has 0 amide bonds. The van der Waals surface area contributed by atoms with E-state index in [-0.39, 0.29) is 0 Å². The fraction of sp³-hybridized carbons (Fsp3) is 0.438. The minimum Gasteiger partial charge on any atom is -0.385 e. The molecule has 0 aliphatic heterocycles. The molecule has 20 heavy (non-hydrogen) atoms. The first kappa shape index (κ1) is 15.3. The second kappa shape index (κ2) is 5.70. The lowest BCUT2D eigenvalue weighted by Gasteiger charge is -2.24. The first-order valence-corrected chi connectivity index (χ1v) is 7.65. The van der Waals surface area contributed by atoms with Gasteiger partial charge in [-0.05, 0) is 49.2 Å². The molecule has 1 atom stereocenters. The zero-order chi connectivity index (χ0) is 14.9. The molecule has 0 spiro atoms. The maximum atomic E-state index is 10.8. The van der Waals surface area contributed by atoms with Crippen LogP contribution in [-0.2, 0) is 18.6 Å². The highest BCUT2D eigenvalue weighted by molar-refractivity contribution is 9.10. The van der Waals surface area contributed by atoms with E-state index in [2.05, 4.69) is 28.0 Å². The van der Waals surface area contributed by atoms with Gasteiger partial charge in [0.25, 0.3) is 0 Å². The van der Waals surface area contributed by atoms with Crippen LogP contribution in [0.25, 0.3) is 0 Å². The lowest BCUT2D eigenvalue weighted by Crippen LogP contribution is -2.26. The maximum absolute atomic E-state index is 10.8. The van der Waals surface area contributed by atoms with Gasteiger partial charge in [-0.3, -0.25) is 4.68 Å². The first-order valence-electron chi connectivity index (χ1n) is 6.86. The number of aromatic nitrogens is 2. The lowest BCUT2D eigenvalue weighted by atomic mass is 9.90. The molecule has 1 unspecified atom stereocenters. The fourth-order valence-electron chi connectivity index (χ4n) is 2.38. The zero-order valence-electron chi connectivity index (χ0n) is 12.4. The van der Waals surface area contributed by atoms with Gasteiger partial charge >= 0.3 is 0 Å². The van der Waals surface area contributed by atoms with E-state index in [9.17, 15) is 5.11 Å². The van der Waals surface area contributed by atoms with Gasteiger partial charge in [0.2, 0.25) is 0 Å². The number of hydrogen-bond donors (Lipinski definition) is 1. The van der Waals surface area contributed by atoms with Crippen LogP contribution >= 0.6 is 15.9 Å². The second-order valence-corrected chi connectivity index (χ2v) is 6.27. The first-order chi connectivity index (χ1) is 9.35. The van der Waals surface area contributed by atoms with Crippen LogP contribution in [0.3, 0.4) is 0 Å². The number of aryl methyl sites for hydroxylation is 3. The van der Waals surface area contributed by atoms with Crippen LogP contribution in [0.4, 0.5) is 0 Å². The molecule has 1 aromatic heterocycles. The van der Waals surface area contributed by atoms with Crippen LogP contribution < -0.4 is 0 Å². The summed E-state index contributed by atoms with van der Waals surface area (Å²) in [5.41, 5.74) is 3.21. The quantitative estimate of drug-likeness (QED) is 0.923. The van der Waals surface area contributed by atoms with E-state index in [1.807, 2.05) is 49.7 Å². The summed E-state index contributed by atoms with van der Waals surface area (Å²) >= 11 is 3.58. The van der Waals surface area contributed by atoms with Gasteiger partial charge in [0.15, 0.2) is 0 Å². The number of halogens is 1. The van der Waals surface area contributed by atoms with Crippen LogP contribution in [0.5, 0.6) is 0 Å². The third-order valence-electron chi connectivity index (χ3n) is 3.64. The lowest BCUT2D eigenvalue weighted by molar-refractivity contribution is 0.0552. The molecule has 1 aromatic carbocycles. The van der Waals surface area contributed by atoms with Gasteiger partial charge in [0.1, 0.15) is 0 Å². The highest BCUT2D eigenvalue weighted by Gasteiger charge is 2.27. The molecule has 0 fully saturated rings. The van der Waals surface area contributed by atoms with Crippen LogP contribution in [0.2, 0.25) is 0 Å². The van der Waals surface area contributed by atoms with Crippen molar-refractivity contribution in [3.05, 3.63) is 51.3 Å². The summed E-state index contributed by atoms with van der Waals surface area (Å²) in [6, 6.07) is 8.04. The van der Waals surface area contributed by atoms with Crippen LogP contribution in [0.1, 0.15) is 36.4 Å². The Morgan fingerprint density at radius 2 is 1.85 bits per heavy atom. The average Bonchev–Trinajstić information content (AvgIpc) is 2.66. The minimum atomic E-state index is -0.907. The van der Waals surface area contributed by atoms with Crippen LogP contribution in [0, 0.1) is 13.8 Å². The highest BCUT2D eigenvalue weighted by Crippen LogP contribution is 2.30. The topological polar surface area (TPSA) is 38.0 Å². The third kappa shape index (κ3) is 2.96. The van der Waals surface area contributed by atoms with E-state index in [1.165, 1.54) is 5.56 Å². The standard InChI is InChI=1S/C16H21BrN2O/c1-5-19-14(15(17)12(3)18-19)10-16(4,20)13-8-6-11(2)7-9-13/h6-9,20H,5,10H2,1-4H3. The fourth-order valence-corrected chi connectivity index (χ4v) is 2.80. The van der Waals surface area contributed by atoms with Crippen molar-refractivity contribution >= 4 is 15.9 Å². The van der Waals surface area contributed by atoms with Gasteiger partial charge in [-0.15, -0.1) is 0 Å². The van der Waals surface area contributed by atoms with Gasteiger partial charge < -0.3 is 5.11 Å². The average molecular weight is 337 g/mol. The van der Waals surface area contributed by atoms with Gasteiger partial charge in [0.05, 0.1) is 21.5 Å². The summed E-state index contributed by atoms with van der Waals surface area (Å²) in [5, 5.41) is 15.3. The van der Waals surface area contributed by atoms with Crippen LogP contribution in [-0.4, -0.2) is 14.9 Å². The number of hydrogen-bond acceptors (Lipinski definition) is 2. The molecule has 1 N–H and O–H groups in total. The third-order valence-corrected chi connectivity index (χ3v) is 4.67. The molecule has 0 aliphatic rings. The van der Waals surface area contributed by atoms with Crippen molar-refractivity contribution in [1.82, 2.24) is 9.78 Å². The summed E-state index contributed by atoms with van der Waals surface area (Å²) in [5.74, 6) is 0. The molecular weight excluding hydrogens is 316 g/mol. The molecule has 2 aromatic rings. The Kier molecular flexibility index (Phi) is 4.35. The van der Waals surface area contributed by atoms with Crippen molar-refractivity contribution in [2.24, 2.45) is 0 Å². The van der Waals surface area contributed by atoms with Crippen LogP contribution in [0.15, 0.2) is 28.7 Å². The largest absolute Gasteiger partial charge is 0.385 e. The number of aliphatic hydroxyl groups is 1. The van der Waals surface area contributed by atoms with Crippen molar-refractivity contribution in [2.45, 2.75) is 46.3 Å². The minimum absolute atomic E-state index is 0.533. The molecular formula is C16H21BrN2O. The molecule has 3 nitrogen and oxygen atoms in total. The predicted octanol–water partition coefficient (Wildman–Crippen LogP) is 3.73. The second-order valence-electron chi connectivity index (χ2n) is 5.48. The molecule has 0 saturated carbocycles. The van der Waals surface area contributed by atoms with Gasteiger partial charge in [0, 0.05) is 13.0 Å². The summed E-state index contributed by atoms with van der Waals surface area (Å²) in [7, 11) is 0. The van der Waals surface area contributed by atoms with Crippen molar-refractivity contribution in [1.29, 1.82) is 0 Å². The van der Waals surface area contributed by atoms with E-state index < -0.39 is 5.60 Å². The molecule has 108 valence electrons. The number of benzene rings is 1. The SMILES string of the molecule is CCn1nc(C)c(Br)c1CC(C)(O)c1ccc(C)cc1. The zero-order valence-corrected chi connectivity index (χ0v) is 14.0. The van der Waals surface area contributed by atoms with E-state index in [1.54, 1.807) is 0 Å². The molecule has 0 saturated heterocycles. The molecule has 4 heteroatoms. The highest BCUT2D eigenvalue weighted by atomic mass is 79.9. The normalized spacial score (nSPS) is 14.3. The summed E-state index contributed by atoms with van der Waals surface area (Å²) in [4.78, 5) is 0. The van der Waals surface area contributed by atoms with E-state index >= 15 is 0 Å². The monoisotopic (exact) mass is 336 g/mol. The predicted molar refractivity (Wildman–Crippen MR) is 84.8 cm³/mol.